The van der Waals surface area contributed by atoms with E-state index in [0.29, 0.717) is 18.6 Å². The number of alkyl halides is 1. The summed E-state index contributed by atoms with van der Waals surface area (Å²) in [6.07, 6.45) is 6.71. The zero-order chi connectivity index (χ0) is 21.6. The van der Waals surface area contributed by atoms with Crippen molar-refractivity contribution in [3.05, 3.63) is 47.8 Å². The summed E-state index contributed by atoms with van der Waals surface area (Å²) in [5, 5.41) is 15.4. The number of nitrogens with one attached hydrogen (secondary N) is 1. The van der Waals surface area contributed by atoms with Crippen molar-refractivity contribution in [1.82, 2.24) is 15.2 Å². The Hall–Kier alpha value is -2.60. The number of halogens is 1. The Morgan fingerprint density at radius 3 is 2.28 bits per heavy atom. The van der Waals surface area contributed by atoms with E-state index >= 15 is 0 Å². The third-order valence-corrected chi connectivity index (χ3v) is 4.26. The second-order valence-corrected chi connectivity index (χ2v) is 5.97. The highest BCUT2D eigenvalue weighted by Gasteiger charge is 2.14. The number of H-pyrrole nitrogens is 1. The maximum Gasteiger partial charge on any atom is 0.155 e. The Balaban J connectivity index is 0.000000463. The minimum atomic E-state index is -0.625. The average molecular weight is 402 g/mol. The molecule has 0 atom stereocenters. The predicted molar refractivity (Wildman–Crippen MR) is 117 cm³/mol. The van der Waals surface area contributed by atoms with Gasteiger partial charge in [0.15, 0.2) is 5.65 Å². The molecule has 6 heteroatoms. The van der Waals surface area contributed by atoms with Crippen LogP contribution in [-0.2, 0) is 17.6 Å². The Kier molecular flexibility index (Phi) is 11.4. The quantitative estimate of drug-likeness (QED) is 0.587. The zero-order valence-corrected chi connectivity index (χ0v) is 17.8. The van der Waals surface area contributed by atoms with Crippen molar-refractivity contribution >= 4 is 16.8 Å². The fourth-order valence-corrected chi connectivity index (χ4v) is 2.95. The number of aryl methyl sites for hydroxylation is 2. The number of carbonyl (C=O) groups excluding carboxylic acids is 1. The van der Waals surface area contributed by atoms with Crippen LogP contribution in [0.5, 0.6) is 0 Å². The SMILES string of the molecule is CC.CC.O=C1CCc2ccc(-c3cnc4[nH]ncc4c3)cc2CC1.OCCF. The molecule has 1 aliphatic carbocycles. The molecule has 5 nitrogen and oxygen atoms in total. The number of nitrogens with zero attached hydrogens (tertiary/aromatic N) is 2. The smallest absolute Gasteiger partial charge is 0.155 e. The summed E-state index contributed by atoms with van der Waals surface area (Å²) in [5.74, 6) is 0.370. The molecule has 0 unspecified atom stereocenters. The van der Waals surface area contributed by atoms with Gasteiger partial charge in [0.1, 0.15) is 12.5 Å². The summed E-state index contributed by atoms with van der Waals surface area (Å²) in [7, 11) is 0. The fourth-order valence-electron chi connectivity index (χ4n) is 2.95. The summed E-state index contributed by atoms with van der Waals surface area (Å²) >= 11 is 0. The Labute approximate surface area is 172 Å². The van der Waals surface area contributed by atoms with Gasteiger partial charge in [-0.1, -0.05) is 45.9 Å². The molecule has 1 aromatic carbocycles. The van der Waals surface area contributed by atoms with Crippen LogP contribution in [0.3, 0.4) is 0 Å². The first-order chi connectivity index (χ1) is 14.2. The number of aromatic nitrogens is 3. The Morgan fingerprint density at radius 1 is 0.966 bits per heavy atom. The summed E-state index contributed by atoms with van der Waals surface area (Å²) in [6, 6.07) is 8.58. The van der Waals surface area contributed by atoms with Gasteiger partial charge in [0, 0.05) is 30.0 Å². The van der Waals surface area contributed by atoms with Crippen molar-refractivity contribution in [2.75, 3.05) is 13.3 Å². The lowest BCUT2D eigenvalue weighted by Crippen LogP contribution is -1.95. The highest BCUT2D eigenvalue weighted by Crippen LogP contribution is 2.27. The third kappa shape index (κ3) is 7.06. The van der Waals surface area contributed by atoms with Gasteiger partial charge in [0.25, 0.3) is 0 Å². The molecule has 3 aromatic rings. The lowest BCUT2D eigenvalue weighted by Gasteiger charge is -2.08. The van der Waals surface area contributed by atoms with Crippen LogP contribution in [0.1, 0.15) is 51.7 Å². The van der Waals surface area contributed by atoms with E-state index in [4.69, 9.17) is 5.11 Å². The molecule has 0 amide bonds. The number of fused-ring (bicyclic) bond motifs is 2. The summed E-state index contributed by atoms with van der Waals surface area (Å²) in [5.41, 5.74) is 5.65. The minimum Gasteiger partial charge on any atom is -0.394 e. The van der Waals surface area contributed by atoms with E-state index in [1.54, 1.807) is 6.20 Å². The largest absolute Gasteiger partial charge is 0.394 e. The van der Waals surface area contributed by atoms with Gasteiger partial charge in [-0.05, 0) is 35.6 Å². The third-order valence-electron chi connectivity index (χ3n) is 4.26. The van der Waals surface area contributed by atoms with Crippen molar-refractivity contribution in [3.63, 3.8) is 0 Å². The number of hydrogen-bond donors (Lipinski definition) is 2. The molecular weight excluding hydrogens is 369 g/mol. The molecule has 2 N–H and O–H groups in total. The lowest BCUT2D eigenvalue weighted by molar-refractivity contribution is -0.118. The van der Waals surface area contributed by atoms with Gasteiger partial charge < -0.3 is 5.11 Å². The van der Waals surface area contributed by atoms with Gasteiger partial charge in [-0.2, -0.15) is 5.10 Å². The number of rotatable bonds is 2. The Bertz CT molecular complexity index is 875. The number of pyridine rings is 1. The monoisotopic (exact) mass is 401 g/mol. The van der Waals surface area contributed by atoms with Crippen molar-refractivity contribution < 1.29 is 14.3 Å². The molecule has 2 aromatic heterocycles. The molecule has 4 rings (SSSR count). The highest BCUT2D eigenvalue weighted by molar-refractivity contribution is 5.81. The zero-order valence-electron chi connectivity index (χ0n) is 17.8. The predicted octanol–water partition coefficient (Wildman–Crippen LogP) is 5.07. The van der Waals surface area contributed by atoms with E-state index in [-0.39, 0.29) is 6.61 Å². The molecule has 29 heavy (non-hydrogen) atoms. The van der Waals surface area contributed by atoms with E-state index in [1.807, 2.05) is 33.9 Å². The van der Waals surface area contributed by atoms with Crippen molar-refractivity contribution in [1.29, 1.82) is 0 Å². The normalized spacial score (nSPS) is 12.3. The van der Waals surface area contributed by atoms with Crippen LogP contribution in [0.2, 0.25) is 0 Å². The number of hydrogen-bond acceptors (Lipinski definition) is 4. The molecule has 0 saturated heterocycles. The van der Waals surface area contributed by atoms with Crippen LogP contribution in [0.25, 0.3) is 22.2 Å². The second kappa shape index (κ2) is 13.6. The number of aliphatic hydroxyl groups excluding tert-OH is 1. The second-order valence-electron chi connectivity index (χ2n) is 5.97. The van der Waals surface area contributed by atoms with Crippen LogP contribution in [-0.4, -0.2) is 39.4 Å². The molecule has 2 heterocycles. The number of carbonyl (C=O) groups is 1. The number of aliphatic hydroxyl groups is 1. The van der Waals surface area contributed by atoms with Crippen LogP contribution in [0, 0.1) is 0 Å². The van der Waals surface area contributed by atoms with Crippen LogP contribution in [0.4, 0.5) is 4.39 Å². The molecule has 0 fully saturated rings. The van der Waals surface area contributed by atoms with Crippen molar-refractivity contribution in [2.45, 2.75) is 53.4 Å². The van der Waals surface area contributed by atoms with Gasteiger partial charge in [-0.25, -0.2) is 9.37 Å². The fraction of sp³-hybridized carbons (Fsp3) is 0.435. The van der Waals surface area contributed by atoms with E-state index in [9.17, 15) is 9.18 Å². The highest BCUT2D eigenvalue weighted by atomic mass is 19.1. The first-order valence-corrected chi connectivity index (χ1v) is 10.3. The Morgan fingerprint density at radius 2 is 1.62 bits per heavy atom. The van der Waals surface area contributed by atoms with Crippen molar-refractivity contribution in [2.24, 2.45) is 0 Å². The number of ketones is 1. The standard InChI is InChI=1S/C17H15N3O.C2H5FO.2C2H6/c21-16-5-3-11-1-2-13(7-12(11)4-6-16)14-8-15-10-19-20-17(15)18-9-14;3-1-2-4;2*1-2/h1-2,7-10H,3-6H2,(H,18,19,20);4H,1-2H2;2*1-2H3. The lowest BCUT2D eigenvalue weighted by atomic mass is 9.97. The van der Waals surface area contributed by atoms with Gasteiger partial charge in [-0.15, -0.1) is 0 Å². The first-order valence-electron chi connectivity index (χ1n) is 10.3. The maximum absolute atomic E-state index is 11.6. The van der Waals surface area contributed by atoms with E-state index in [1.165, 1.54) is 11.1 Å². The van der Waals surface area contributed by atoms with Gasteiger partial charge >= 0.3 is 0 Å². The van der Waals surface area contributed by atoms with Gasteiger partial charge in [0.2, 0.25) is 0 Å². The summed E-state index contributed by atoms with van der Waals surface area (Å²) in [6.45, 7) is 7.03. The van der Waals surface area contributed by atoms with Crippen LogP contribution in [0.15, 0.2) is 36.7 Å². The first kappa shape index (κ1) is 24.4. The minimum absolute atomic E-state index is 0.347. The summed E-state index contributed by atoms with van der Waals surface area (Å²) < 4.78 is 10.5. The topological polar surface area (TPSA) is 78.9 Å². The summed E-state index contributed by atoms with van der Waals surface area (Å²) in [4.78, 5) is 16.0. The van der Waals surface area contributed by atoms with Crippen molar-refractivity contribution in [3.8, 4) is 11.1 Å². The number of aromatic amines is 1. The van der Waals surface area contributed by atoms with E-state index < -0.39 is 6.67 Å². The molecule has 1 aliphatic rings. The molecule has 0 bridgehead atoms. The molecule has 0 spiro atoms. The molecule has 158 valence electrons. The van der Waals surface area contributed by atoms with E-state index in [2.05, 4.69) is 39.4 Å². The molecule has 0 radical (unpaired) electrons. The van der Waals surface area contributed by atoms with E-state index in [0.717, 1.165) is 35.0 Å². The van der Waals surface area contributed by atoms with Gasteiger partial charge in [-0.3, -0.25) is 9.89 Å². The number of benzene rings is 1. The number of Topliss-reactive ketones (excluding diaryl/α,β-unsaturated/α-hetero) is 1. The average Bonchev–Trinajstić information content (AvgIpc) is 3.19. The van der Waals surface area contributed by atoms with Crippen LogP contribution < -0.4 is 0 Å². The molecular formula is C23H32FN3O2. The maximum atomic E-state index is 11.6. The van der Waals surface area contributed by atoms with Gasteiger partial charge in [0.05, 0.1) is 12.8 Å². The molecule has 0 saturated carbocycles. The van der Waals surface area contributed by atoms with Crippen LogP contribution >= 0.6 is 0 Å². The molecule has 0 aliphatic heterocycles.